The first-order chi connectivity index (χ1) is 9.49. The van der Waals surface area contributed by atoms with Crippen LogP contribution in [0, 0.1) is 5.92 Å². The maximum Gasteiger partial charge on any atom is 0.279 e. The molecule has 5 nitrogen and oxygen atoms in total. The van der Waals surface area contributed by atoms with Gasteiger partial charge in [-0.05, 0) is 11.5 Å². The van der Waals surface area contributed by atoms with E-state index in [-0.39, 0.29) is 17.9 Å². The topological polar surface area (TPSA) is 85.8 Å². The number of rotatable bonds is 4. The summed E-state index contributed by atoms with van der Waals surface area (Å²) in [5, 5.41) is 15.6. The molecule has 5 heteroatoms. The van der Waals surface area contributed by atoms with E-state index >= 15 is 0 Å². The van der Waals surface area contributed by atoms with E-state index in [1.54, 1.807) is 13.8 Å². The zero-order valence-electron chi connectivity index (χ0n) is 11.8. The van der Waals surface area contributed by atoms with E-state index in [0.717, 1.165) is 12.1 Å². The normalized spacial score (nSPS) is 19.2. The zero-order chi connectivity index (χ0) is 14.7. The fourth-order valence-electron chi connectivity index (χ4n) is 2.50. The summed E-state index contributed by atoms with van der Waals surface area (Å²) in [7, 11) is 0. The summed E-state index contributed by atoms with van der Waals surface area (Å²) in [6.07, 6.45) is 0.625. The lowest BCUT2D eigenvalue weighted by Crippen LogP contribution is -2.93. The summed E-state index contributed by atoms with van der Waals surface area (Å²) >= 11 is 0. The molecule has 1 heterocycles. The third-order valence-corrected chi connectivity index (χ3v) is 3.74. The number of amides is 1. The number of nitrogens with two attached hydrogens (primary N) is 1. The van der Waals surface area contributed by atoms with Gasteiger partial charge in [-0.2, -0.15) is 0 Å². The Kier molecular flexibility index (Phi) is 4.39. The number of hydrogen-bond acceptors (Lipinski definition) is 3. The standard InChI is InChI=1S/C15H20N2O3/c1-9(2)13(15(19)20)17-14(18)12-7-10-5-3-4-6-11(10)8-16-12/h3-6,9,12-13,16H,7-8H2,1-2H3,(H,17,18)(H,19,20)/t12-,13-/m0/s1. The summed E-state index contributed by atoms with van der Waals surface area (Å²) in [6, 6.07) is 6.80. The van der Waals surface area contributed by atoms with Crippen molar-refractivity contribution in [1.29, 1.82) is 0 Å². The molecule has 0 spiro atoms. The maximum absolute atomic E-state index is 12.2. The lowest BCUT2D eigenvalue weighted by molar-refractivity contribution is -0.695. The Morgan fingerprint density at radius 1 is 1.30 bits per heavy atom. The number of quaternary nitrogens is 1. The molecule has 0 aliphatic carbocycles. The average Bonchev–Trinajstić information content (AvgIpc) is 2.43. The van der Waals surface area contributed by atoms with Crippen LogP contribution in [0.15, 0.2) is 24.3 Å². The second kappa shape index (κ2) is 6.05. The van der Waals surface area contributed by atoms with E-state index in [1.807, 2.05) is 23.5 Å². The van der Waals surface area contributed by atoms with Crippen LogP contribution in [0.4, 0.5) is 0 Å². The van der Waals surface area contributed by atoms with Crippen molar-refractivity contribution >= 4 is 11.9 Å². The van der Waals surface area contributed by atoms with Gasteiger partial charge in [0.15, 0.2) is 6.04 Å². The van der Waals surface area contributed by atoms with Crippen molar-refractivity contribution in [3.8, 4) is 0 Å². The molecule has 0 radical (unpaired) electrons. The number of benzene rings is 1. The Morgan fingerprint density at radius 3 is 2.55 bits per heavy atom. The van der Waals surface area contributed by atoms with Gasteiger partial charge < -0.3 is 20.5 Å². The van der Waals surface area contributed by atoms with Crippen LogP contribution in [0.3, 0.4) is 0 Å². The minimum atomic E-state index is -1.23. The predicted octanol–water partition coefficient (Wildman–Crippen LogP) is -1.43. The quantitative estimate of drug-likeness (QED) is 0.706. The number of nitrogens with one attached hydrogen (secondary N) is 1. The summed E-state index contributed by atoms with van der Waals surface area (Å²) in [6.45, 7) is 4.24. The van der Waals surface area contributed by atoms with E-state index in [9.17, 15) is 14.7 Å². The molecule has 0 unspecified atom stereocenters. The predicted molar refractivity (Wildman–Crippen MR) is 71.3 cm³/mol. The molecule has 20 heavy (non-hydrogen) atoms. The fourth-order valence-corrected chi connectivity index (χ4v) is 2.50. The van der Waals surface area contributed by atoms with Gasteiger partial charge in [0.1, 0.15) is 6.54 Å². The van der Waals surface area contributed by atoms with Crippen molar-refractivity contribution in [2.75, 3.05) is 0 Å². The highest BCUT2D eigenvalue weighted by Gasteiger charge is 2.29. The van der Waals surface area contributed by atoms with Gasteiger partial charge in [0.25, 0.3) is 5.91 Å². The minimum Gasteiger partial charge on any atom is -0.548 e. The Bertz CT molecular complexity index is 514. The molecule has 0 saturated heterocycles. The molecule has 0 aromatic heterocycles. The van der Waals surface area contributed by atoms with E-state index in [4.69, 9.17) is 0 Å². The van der Waals surface area contributed by atoms with Crippen LogP contribution in [0.5, 0.6) is 0 Å². The molecule has 0 bridgehead atoms. The monoisotopic (exact) mass is 276 g/mol. The van der Waals surface area contributed by atoms with Gasteiger partial charge in [0.2, 0.25) is 0 Å². The Morgan fingerprint density at radius 2 is 1.95 bits per heavy atom. The van der Waals surface area contributed by atoms with Gasteiger partial charge in [-0.25, -0.2) is 0 Å². The Hall–Kier alpha value is -1.88. The Labute approximate surface area is 118 Å². The lowest BCUT2D eigenvalue weighted by atomic mass is 9.95. The zero-order valence-corrected chi connectivity index (χ0v) is 11.8. The number of carboxylic acids is 1. The summed E-state index contributed by atoms with van der Waals surface area (Å²) in [5.74, 6) is -1.66. The highest BCUT2D eigenvalue weighted by Crippen LogP contribution is 2.13. The molecule has 108 valence electrons. The second-order valence-electron chi connectivity index (χ2n) is 5.57. The van der Waals surface area contributed by atoms with Crippen molar-refractivity contribution in [3.63, 3.8) is 0 Å². The first-order valence-electron chi connectivity index (χ1n) is 6.90. The maximum atomic E-state index is 12.2. The van der Waals surface area contributed by atoms with Gasteiger partial charge >= 0.3 is 0 Å². The molecule has 1 amide bonds. The van der Waals surface area contributed by atoms with Crippen LogP contribution < -0.4 is 15.7 Å². The SMILES string of the molecule is CC(C)[C@H](NC(=O)[C@@H]1Cc2ccccc2C[NH2+]1)C(=O)[O-]. The smallest absolute Gasteiger partial charge is 0.279 e. The van der Waals surface area contributed by atoms with Crippen LogP contribution >= 0.6 is 0 Å². The molecule has 1 aliphatic heterocycles. The van der Waals surface area contributed by atoms with Crippen molar-refractivity contribution in [2.24, 2.45) is 5.92 Å². The highest BCUT2D eigenvalue weighted by atomic mass is 16.4. The van der Waals surface area contributed by atoms with Crippen LogP contribution in [0.1, 0.15) is 25.0 Å². The second-order valence-corrected chi connectivity index (χ2v) is 5.57. The third kappa shape index (κ3) is 3.17. The molecule has 2 atom stereocenters. The summed E-state index contributed by atoms with van der Waals surface area (Å²) < 4.78 is 0. The molecular formula is C15H20N2O3. The van der Waals surface area contributed by atoms with Crippen LogP contribution in [-0.2, 0) is 22.6 Å². The highest BCUT2D eigenvalue weighted by molar-refractivity contribution is 5.85. The molecule has 1 aromatic carbocycles. The lowest BCUT2D eigenvalue weighted by Gasteiger charge is -2.27. The van der Waals surface area contributed by atoms with Crippen LogP contribution in [0.2, 0.25) is 0 Å². The molecule has 0 fully saturated rings. The number of carbonyl (C=O) groups excluding carboxylic acids is 2. The van der Waals surface area contributed by atoms with E-state index in [0.29, 0.717) is 6.42 Å². The minimum absolute atomic E-state index is 0.195. The number of aliphatic carboxylic acids is 1. The molecular weight excluding hydrogens is 256 g/mol. The van der Waals surface area contributed by atoms with E-state index in [1.165, 1.54) is 5.56 Å². The number of fused-ring (bicyclic) bond motifs is 1. The number of carboxylic acid groups (broad SMARTS) is 1. The van der Waals surface area contributed by atoms with Crippen molar-refractivity contribution in [3.05, 3.63) is 35.4 Å². The fraction of sp³-hybridized carbons (Fsp3) is 0.467. The van der Waals surface area contributed by atoms with Crippen LogP contribution in [0.25, 0.3) is 0 Å². The summed E-state index contributed by atoms with van der Waals surface area (Å²) in [4.78, 5) is 23.2. The molecule has 3 N–H and O–H groups in total. The van der Waals surface area contributed by atoms with E-state index in [2.05, 4.69) is 11.4 Å². The molecule has 1 aliphatic rings. The first kappa shape index (κ1) is 14.5. The number of hydrogen-bond donors (Lipinski definition) is 2. The first-order valence-corrected chi connectivity index (χ1v) is 6.90. The van der Waals surface area contributed by atoms with Crippen molar-refractivity contribution < 1.29 is 20.0 Å². The number of carbonyl (C=O) groups is 2. The van der Waals surface area contributed by atoms with Crippen molar-refractivity contribution in [2.45, 2.75) is 38.9 Å². The Balaban J connectivity index is 2.03. The van der Waals surface area contributed by atoms with Gasteiger partial charge in [-0.3, -0.25) is 4.79 Å². The van der Waals surface area contributed by atoms with Gasteiger partial charge in [-0.15, -0.1) is 0 Å². The van der Waals surface area contributed by atoms with Gasteiger partial charge in [-0.1, -0.05) is 38.1 Å². The van der Waals surface area contributed by atoms with Gasteiger partial charge in [0.05, 0.1) is 12.0 Å². The third-order valence-electron chi connectivity index (χ3n) is 3.74. The summed E-state index contributed by atoms with van der Waals surface area (Å²) in [5.41, 5.74) is 2.39. The molecule has 1 aromatic rings. The molecule has 2 rings (SSSR count). The van der Waals surface area contributed by atoms with Crippen molar-refractivity contribution in [1.82, 2.24) is 5.32 Å². The van der Waals surface area contributed by atoms with Crippen LogP contribution in [-0.4, -0.2) is 24.0 Å². The van der Waals surface area contributed by atoms with E-state index < -0.39 is 12.0 Å². The molecule has 0 saturated carbocycles. The average molecular weight is 276 g/mol. The largest absolute Gasteiger partial charge is 0.548 e. The van der Waals surface area contributed by atoms with Gasteiger partial charge in [0, 0.05) is 12.0 Å².